The zero-order valence-corrected chi connectivity index (χ0v) is 14.5. The molecule has 1 nitrogen and oxygen atoms in total. The van der Waals surface area contributed by atoms with Gasteiger partial charge in [0.2, 0.25) is 0 Å². The van der Waals surface area contributed by atoms with Crippen LogP contribution in [0.4, 0.5) is 0 Å². The van der Waals surface area contributed by atoms with Crippen molar-refractivity contribution >= 4 is 25.3 Å². The first-order valence-corrected chi connectivity index (χ1v) is 7.41. The monoisotopic (exact) mass is 341 g/mol. The number of hydrogen-bond acceptors (Lipinski definition) is 3. The summed E-state index contributed by atoms with van der Waals surface area (Å²) in [6.07, 6.45) is 3.86. The molecular weight excluding hydrogens is 321 g/mol. The fourth-order valence-electron chi connectivity index (χ4n) is 1.72. The Morgan fingerprint density at radius 3 is 1.35 bits per heavy atom. The smallest absolute Gasteiger partial charge is 0 e. The summed E-state index contributed by atoms with van der Waals surface area (Å²) in [7, 11) is 0. The minimum atomic E-state index is 0. The molecule has 0 bridgehead atoms. The van der Waals surface area contributed by atoms with Gasteiger partial charge < -0.3 is 34.9 Å². The van der Waals surface area contributed by atoms with Crippen molar-refractivity contribution in [3.63, 3.8) is 0 Å². The summed E-state index contributed by atoms with van der Waals surface area (Å²) in [5.74, 6) is 0. The van der Waals surface area contributed by atoms with Crippen molar-refractivity contribution < 1.29 is 18.6 Å². The van der Waals surface area contributed by atoms with Crippen LogP contribution in [0.1, 0.15) is 19.3 Å². The Bertz CT molecular complexity index is 293. The van der Waals surface area contributed by atoms with Crippen LogP contribution >= 0.6 is 0 Å². The van der Waals surface area contributed by atoms with Crippen LogP contribution in [0.5, 0.6) is 0 Å². The molecule has 20 heavy (non-hydrogen) atoms. The normalized spacial score (nSPS) is 14.3. The second-order valence-electron chi connectivity index (χ2n) is 4.24. The van der Waals surface area contributed by atoms with Crippen LogP contribution in [-0.4, -0.2) is 18.0 Å². The molecule has 2 aromatic carbocycles. The Morgan fingerprint density at radius 2 is 1.15 bits per heavy atom. The molecule has 0 unspecified atom stereocenters. The standard InChI is InChI=1S/C6H10NS2.2C5H5.V/c8-6(9)7-4-2-1-3-5-7;2*1-2-4-5-3-1;/h1-5H2;2*1-5H;/q-3;2*-1;. The average molecular weight is 341 g/mol. The molecule has 1 heterocycles. The van der Waals surface area contributed by atoms with Crippen molar-refractivity contribution in [2.75, 3.05) is 13.1 Å². The van der Waals surface area contributed by atoms with Crippen LogP contribution in [0.15, 0.2) is 60.7 Å². The molecule has 0 N–H and O–H groups in total. The van der Waals surface area contributed by atoms with Gasteiger partial charge in [-0.05, 0) is 25.9 Å². The summed E-state index contributed by atoms with van der Waals surface area (Å²) in [6.45, 7) is 2.17. The zero-order valence-electron chi connectivity index (χ0n) is 11.5. The van der Waals surface area contributed by atoms with E-state index in [2.05, 4.69) is 4.90 Å². The molecule has 1 saturated heterocycles. The SMILES string of the molecule is [S-][C-]([S-])N1CCCCC1.[V].c1cc[cH-]c1.c1cc[cH-]c1. The van der Waals surface area contributed by atoms with Crippen molar-refractivity contribution in [3.05, 3.63) is 65.4 Å². The number of nitrogens with zero attached hydrogens (tertiary/aromatic N) is 1. The molecule has 0 aliphatic carbocycles. The first-order valence-electron chi connectivity index (χ1n) is 6.60. The van der Waals surface area contributed by atoms with Crippen LogP contribution in [0.2, 0.25) is 0 Å². The Kier molecular flexibility index (Phi) is 13.9. The van der Waals surface area contributed by atoms with E-state index in [1.54, 1.807) is 0 Å². The topological polar surface area (TPSA) is 3.24 Å². The molecule has 3 rings (SSSR count). The summed E-state index contributed by atoms with van der Waals surface area (Å²) in [5, 5.41) is 0. The van der Waals surface area contributed by atoms with E-state index in [1.165, 1.54) is 19.3 Å². The first-order chi connectivity index (χ1) is 9.30. The van der Waals surface area contributed by atoms with Gasteiger partial charge in [-0.2, -0.15) is 36.4 Å². The number of rotatable bonds is 1. The van der Waals surface area contributed by atoms with E-state index >= 15 is 0 Å². The van der Waals surface area contributed by atoms with Gasteiger partial charge in [0.15, 0.2) is 0 Å². The predicted molar refractivity (Wildman–Crippen MR) is 87.5 cm³/mol. The maximum absolute atomic E-state index is 4.86. The third-order valence-electron chi connectivity index (χ3n) is 2.73. The fraction of sp³-hybridized carbons (Fsp3) is 0.312. The summed E-state index contributed by atoms with van der Waals surface area (Å²) in [6, 6.07) is 20.0. The largest absolute Gasteiger partial charge is 1.02 e. The molecule has 1 aliphatic rings. The molecule has 4 heteroatoms. The summed E-state index contributed by atoms with van der Waals surface area (Å²) < 4.78 is 0.648. The molecule has 0 atom stereocenters. The van der Waals surface area contributed by atoms with Crippen molar-refractivity contribution in [1.29, 1.82) is 0 Å². The van der Waals surface area contributed by atoms with Gasteiger partial charge in [-0.25, -0.2) is 24.3 Å². The molecule has 111 valence electrons. The minimum absolute atomic E-state index is 0. The van der Waals surface area contributed by atoms with Gasteiger partial charge in [0.1, 0.15) is 0 Å². The van der Waals surface area contributed by atoms with E-state index in [1.807, 2.05) is 60.7 Å². The fourth-order valence-corrected chi connectivity index (χ4v) is 2.08. The van der Waals surface area contributed by atoms with E-state index in [0.717, 1.165) is 13.1 Å². The van der Waals surface area contributed by atoms with E-state index < -0.39 is 0 Å². The van der Waals surface area contributed by atoms with Crippen molar-refractivity contribution in [1.82, 2.24) is 4.90 Å². The number of likely N-dealkylation sites (tertiary alicyclic amines) is 1. The van der Waals surface area contributed by atoms with Crippen LogP contribution in [0.3, 0.4) is 0 Å². The van der Waals surface area contributed by atoms with Gasteiger partial charge in [0.05, 0.1) is 0 Å². The Morgan fingerprint density at radius 1 is 0.750 bits per heavy atom. The molecule has 0 amide bonds. The Hall–Kier alpha value is -0.0556. The van der Waals surface area contributed by atoms with Crippen molar-refractivity contribution in [3.8, 4) is 0 Å². The molecule has 1 fully saturated rings. The zero-order chi connectivity index (χ0) is 13.8. The molecular formula is C16H20NS2V-5. The van der Waals surface area contributed by atoms with Gasteiger partial charge in [0.25, 0.3) is 0 Å². The van der Waals surface area contributed by atoms with Gasteiger partial charge in [0, 0.05) is 18.6 Å². The van der Waals surface area contributed by atoms with Crippen molar-refractivity contribution in [2.24, 2.45) is 0 Å². The molecule has 0 saturated carbocycles. The third-order valence-corrected chi connectivity index (χ3v) is 3.24. The van der Waals surface area contributed by atoms with Crippen molar-refractivity contribution in [2.45, 2.75) is 19.3 Å². The quantitative estimate of drug-likeness (QED) is 0.573. The number of hydrogen-bond donors (Lipinski definition) is 0. The van der Waals surface area contributed by atoms with E-state index in [-0.39, 0.29) is 18.6 Å². The van der Waals surface area contributed by atoms with Gasteiger partial charge in [-0.3, -0.25) is 0 Å². The Labute approximate surface area is 146 Å². The van der Waals surface area contributed by atoms with Gasteiger partial charge in [-0.15, -0.1) is 0 Å². The third kappa shape index (κ3) is 10.7. The van der Waals surface area contributed by atoms with E-state index in [0.29, 0.717) is 4.71 Å². The van der Waals surface area contributed by atoms with Gasteiger partial charge >= 0.3 is 0 Å². The molecule has 1 radical (unpaired) electrons. The minimum Gasteiger partial charge on any atom is -1.02 e. The van der Waals surface area contributed by atoms with E-state index in [4.69, 9.17) is 25.3 Å². The molecule has 2 aromatic rings. The summed E-state index contributed by atoms with van der Waals surface area (Å²) in [4.78, 5) is 2.11. The van der Waals surface area contributed by atoms with Crippen LogP contribution in [0.25, 0.3) is 0 Å². The number of piperidine rings is 1. The first kappa shape index (κ1) is 19.9. The molecule has 0 aromatic heterocycles. The van der Waals surface area contributed by atoms with Gasteiger partial charge in [-0.1, -0.05) is 6.42 Å². The van der Waals surface area contributed by atoms with Crippen LogP contribution < -0.4 is 0 Å². The molecule has 1 aliphatic heterocycles. The predicted octanol–water partition coefficient (Wildman–Crippen LogP) is 3.82. The van der Waals surface area contributed by atoms with Crippen LogP contribution in [-0.2, 0) is 43.8 Å². The maximum Gasteiger partial charge on any atom is 0 e. The summed E-state index contributed by atoms with van der Waals surface area (Å²) in [5.41, 5.74) is 0. The molecule has 0 spiro atoms. The Balaban J connectivity index is 0.000000282. The maximum atomic E-state index is 4.86. The summed E-state index contributed by atoms with van der Waals surface area (Å²) >= 11 is 9.71. The second kappa shape index (κ2) is 13.9. The second-order valence-corrected chi connectivity index (χ2v) is 5.27. The van der Waals surface area contributed by atoms with Crippen LogP contribution in [0, 0.1) is 4.71 Å². The average Bonchev–Trinajstić information content (AvgIpc) is 3.18. The van der Waals surface area contributed by atoms with E-state index in [9.17, 15) is 0 Å².